The zero-order chi connectivity index (χ0) is 10.3. The van der Waals surface area contributed by atoms with Gasteiger partial charge in [0.05, 0.1) is 5.58 Å². The van der Waals surface area contributed by atoms with E-state index in [0.29, 0.717) is 28.4 Å². The molecule has 0 unspecified atom stereocenters. The molecule has 0 saturated carbocycles. The van der Waals surface area contributed by atoms with Gasteiger partial charge in [0.25, 0.3) is 0 Å². The summed E-state index contributed by atoms with van der Waals surface area (Å²) in [6, 6.07) is 0. The van der Waals surface area contributed by atoms with Gasteiger partial charge in [0.15, 0.2) is 18.2 Å². The minimum Gasteiger partial charge on any atom is -0.470 e. The standard InChI is InChI=1S/C9H5N4O2.Ir/c1-5-12-8-6(9-13-11-4-14-9)2-10-3-7(8)15-5;/h3-4H,1H3;/q-1;. The van der Waals surface area contributed by atoms with Crippen LogP contribution in [0.4, 0.5) is 0 Å². The van der Waals surface area contributed by atoms with E-state index >= 15 is 0 Å². The number of nitrogens with zero attached hydrogens (tertiary/aromatic N) is 4. The van der Waals surface area contributed by atoms with Crippen molar-refractivity contribution in [3.8, 4) is 11.5 Å². The van der Waals surface area contributed by atoms with Crippen LogP contribution in [0.5, 0.6) is 0 Å². The third kappa shape index (κ3) is 1.64. The average Bonchev–Trinajstić information content (AvgIpc) is 2.82. The van der Waals surface area contributed by atoms with Crippen molar-refractivity contribution in [2.45, 2.75) is 6.92 Å². The van der Waals surface area contributed by atoms with E-state index in [9.17, 15) is 0 Å². The first-order chi connectivity index (χ1) is 7.34. The maximum atomic E-state index is 5.32. The molecule has 0 aromatic carbocycles. The molecule has 0 bridgehead atoms. The van der Waals surface area contributed by atoms with Gasteiger partial charge in [-0.2, -0.15) is 5.10 Å². The van der Waals surface area contributed by atoms with Gasteiger partial charge in [0.2, 0.25) is 0 Å². The Morgan fingerprint density at radius 3 is 3.00 bits per heavy atom. The first-order valence-electron chi connectivity index (χ1n) is 4.25. The second kappa shape index (κ2) is 4.11. The Labute approximate surface area is 103 Å². The van der Waals surface area contributed by atoms with Gasteiger partial charge in [-0.25, -0.2) is 0 Å². The largest absolute Gasteiger partial charge is 0.470 e. The topological polar surface area (TPSA) is 77.8 Å². The van der Waals surface area contributed by atoms with Crippen LogP contribution in [0.3, 0.4) is 0 Å². The second-order valence-corrected chi connectivity index (χ2v) is 2.93. The molecule has 0 spiro atoms. The summed E-state index contributed by atoms with van der Waals surface area (Å²) in [4.78, 5) is 8.10. The predicted octanol–water partition coefficient (Wildman–Crippen LogP) is 1.38. The molecule has 0 atom stereocenters. The summed E-state index contributed by atoms with van der Waals surface area (Å²) in [5.74, 6) is 0.897. The van der Waals surface area contributed by atoms with E-state index in [-0.39, 0.29) is 20.1 Å². The van der Waals surface area contributed by atoms with Crippen LogP contribution >= 0.6 is 0 Å². The van der Waals surface area contributed by atoms with Gasteiger partial charge in [-0.1, -0.05) is 0 Å². The van der Waals surface area contributed by atoms with Gasteiger partial charge >= 0.3 is 0 Å². The first kappa shape index (κ1) is 10.9. The van der Waals surface area contributed by atoms with Crippen molar-refractivity contribution in [1.82, 2.24) is 20.2 Å². The molecule has 0 N–H and O–H groups in total. The summed E-state index contributed by atoms with van der Waals surface area (Å²) in [6.07, 6.45) is 5.55. The molecule has 3 rings (SSSR count). The summed E-state index contributed by atoms with van der Waals surface area (Å²) in [5, 5.41) is 7.37. The van der Waals surface area contributed by atoms with Crippen LogP contribution in [-0.4, -0.2) is 20.2 Å². The summed E-state index contributed by atoms with van der Waals surface area (Å²) >= 11 is 0. The average molecular weight is 393 g/mol. The summed E-state index contributed by atoms with van der Waals surface area (Å²) in [5.41, 5.74) is 1.77. The Morgan fingerprint density at radius 2 is 2.25 bits per heavy atom. The van der Waals surface area contributed by atoms with Gasteiger partial charge < -0.3 is 13.8 Å². The molecule has 0 aliphatic carbocycles. The number of oxazole rings is 1. The van der Waals surface area contributed by atoms with Crippen molar-refractivity contribution in [3.63, 3.8) is 0 Å². The van der Waals surface area contributed by atoms with Crippen molar-refractivity contribution < 1.29 is 28.9 Å². The molecule has 0 aliphatic rings. The Bertz CT molecular complexity index is 605. The van der Waals surface area contributed by atoms with E-state index in [2.05, 4.69) is 26.4 Å². The van der Waals surface area contributed by atoms with E-state index in [1.165, 1.54) is 6.39 Å². The van der Waals surface area contributed by atoms with Gasteiger partial charge in [0.1, 0.15) is 0 Å². The van der Waals surface area contributed by atoms with Crippen molar-refractivity contribution in [1.29, 1.82) is 0 Å². The number of aromatic nitrogens is 4. The van der Waals surface area contributed by atoms with Crippen molar-refractivity contribution in [2.24, 2.45) is 0 Å². The zero-order valence-electron chi connectivity index (χ0n) is 8.09. The molecule has 6 nitrogen and oxygen atoms in total. The van der Waals surface area contributed by atoms with Crippen LogP contribution in [0.1, 0.15) is 5.89 Å². The Balaban J connectivity index is 0.000000963. The fourth-order valence-electron chi connectivity index (χ4n) is 1.35. The third-order valence-electron chi connectivity index (χ3n) is 1.93. The summed E-state index contributed by atoms with van der Waals surface area (Å²) in [6.45, 7) is 1.76. The van der Waals surface area contributed by atoms with Gasteiger partial charge in [-0.05, 0) is 18.0 Å². The SMILES string of the molecule is Cc1nc2c(-c3nnco3)[c-]ncc2o1.[Ir]. The van der Waals surface area contributed by atoms with Crippen molar-refractivity contribution in [2.75, 3.05) is 0 Å². The maximum absolute atomic E-state index is 5.32. The number of hydrogen-bond acceptors (Lipinski definition) is 6. The first-order valence-corrected chi connectivity index (χ1v) is 4.25. The maximum Gasteiger partial charge on any atom is 0.192 e. The fraction of sp³-hybridized carbons (Fsp3) is 0.111. The van der Waals surface area contributed by atoms with Crippen LogP contribution in [0.15, 0.2) is 21.4 Å². The Hall–Kier alpha value is -1.59. The van der Waals surface area contributed by atoms with Crippen LogP contribution in [0.25, 0.3) is 22.6 Å². The second-order valence-electron chi connectivity index (χ2n) is 2.93. The molecule has 0 aliphatic heterocycles. The predicted molar refractivity (Wildman–Crippen MR) is 48.7 cm³/mol. The molecule has 0 amide bonds. The molecule has 83 valence electrons. The van der Waals surface area contributed by atoms with E-state index in [1.54, 1.807) is 13.1 Å². The molecular formula is C9H5IrN4O2-. The summed E-state index contributed by atoms with van der Waals surface area (Å²) in [7, 11) is 0. The molecule has 0 saturated heterocycles. The smallest absolute Gasteiger partial charge is 0.192 e. The molecule has 3 heterocycles. The molecule has 3 aromatic heterocycles. The number of pyridine rings is 1. The van der Waals surface area contributed by atoms with E-state index < -0.39 is 0 Å². The monoisotopic (exact) mass is 394 g/mol. The number of aryl methyl sites for hydroxylation is 1. The number of fused-ring (bicyclic) bond motifs is 1. The minimum absolute atomic E-state index is 0. The van der Waals surface area contributed by atoms with Gasteiger partial charge in [-0.15, -0.1) is 5.10 Å². The molecular weight excluding hydrogens is 388 g/mol. The molecule has 0 fully saturated rings. The van der Waals surface area contributed by atoms with Crippen LogP contribution < -0.4 is 0 Å². The van der Waals surface area contributed by atoms with Crippen LogP contribution in [0, 0.1) is 13.1 Å². The Kier molecular flexibility index (Phi) is 2.80. The normalized spacial score (nSPS) is 10.3. The zero-order valence-corrected chi connectivity index (χ0v) is 10.5. The van der Waals surface area contributed by atoms with E-state index in [4.69, 9.17) is 8.83 Å². The number of rotatable bonds is 1. The summed E-state index contributed by atoms with van der Waals surface area (Å²) < 4.78 is 10.4. The van der Waals surface area contributed by atoms with Crippen LogP contribution in [0.2, 0.25) is 0 Å². The van der Waals surface area contributed by atoms with Crippen LogP contribution in [-0.2, 0) is 20.1 Å². The van der Waals surface area contributed by atoms with Crippen molar-refractivity contribution >= 4 is 11.1 Å². The molecule has 3 aromatic rings. The number of hydrogen-bond donors (Lipinski definition) is 0. The van der Waals surface area contributed by atoms with Gasteiger partial charge in [-0.3, -0.25) is 4.98 Å². The minimum atomic E-state index is 0. The van der Waals surface area contributed by atoms with Gasteiger partial charge in [0, 0.05) is 32.5 Å². The molecule has 7 heteroatoms. The third-order valence-corrected chi connectivity index (χ3v) is 1.93. The van der Waals surface area contributed by atoms with Crippen molar-refractivity contribution in [3.05, 3.63) is 24.7 Å². The van der Waals surface area contributed by atoms with E-state index in [1.807, 2.05) is 0 Å². The van der Waals surface area contributed by atoms with E-state index in [0.717, 1.165) is 0 Å². The molecule has 16 heavy (non-hydrogen) atoms. The fourth-order valence-corrected chi connectivity index (χ4v) is 1.35. The molecule has 1 radical (unpaired) electrons. The quantitative estimate of drug-likeness (QED) is 0.582. The Morgan fingerprint density at radius 1 is 1.38 bits per heavy atom.